The molecule has 2 rings (SSSR count). The molecule has 1 aromatic rings. The molecule has 0 saturated carbocycles. The van der Waals surface area contributed by atoms with E-state index in [4.69, 9.17) is 15.2 Å². The quantitative estimate of drug-likeness (QED) is 0.766. The lowest BCUT2D eigenvalue weighted by Gasteiger charge is -2.20. The molecule has 1 aromatic carbocycles. The summed E-state index contributed by atoms with van der Waals surface area (Å²) in [6.07, 6.45) is 3.66. The van der Waals surface area contributed by atoms with Crippen LogP contribution < -0.4 is 15.8 Å². The molecule has 4 nitrogen and oxygen atoms in total. The summed E-state index contributed by atoms with van der Waals surface area (Å²) in [4.78, 5) is 0. The summed E-state index contributed by atoms with van der Waals surface area (Å²) >= 11 is 0. The Hall–Kier alpha value is -1.10. The van der Waals surface area contributed by atoms with Crippen molar-refractivity contribution in [3.8, 4) is 5.75 Å². The largest absolute Gasteiger partial charge is 0.494 e. The predicted molar refractivity (Wildman–Crippen MR) is 81.0 cm³/mol. The minimum atomic E-state index is 0.157. The lowest BCUT2D eigenvalue weighted by atomic mass is 10.1. The van der Waals surface area contributed by atoms with Crippen molar-refractivity contribution >= 4 is 0 Å². The van der Waals surface area contributed by atoms with E-state index < -0.39 is 0 Å². The predicted octanol–water partition coefficient (Wildman–Crippen LogP) is 2.24. The average Bonchev–Trinajstić information content (AvgIpc) is 2.99. The molecule has 112 valence electrons. The first-order valence-electron chi connectivity index (χ1n) is 7.61. The standard InChI is InChI=1S/C16H26N2O2/c1-2-8-19-14-6-3-5-13(10-14)16(11-17)18-12-15-7-4-9-20-15/h3,5-6,10,15-16,18H,2,4,7-9,11-12,17H2,1H3. The SMILES string of the molecule is CCCOc1cccc(C(CN)NCC2CCCO2)c1. The molecule has 3 N–H and O–H groups in total. The molecule has 2 unspecified atom stereocenters. The van der Waals surface area contributed by atoms with E-state index in [0.29, 0.717) is 12.6 Å². The van der Waals surface area contributed by atoms with Gasteiger partial charge in [0.1, 0.15) is 5.75 Å². The highest BCUT2D eigenvalue weighted by Crippen LogP contribution is 2.20. The molecule has 0 aromatic heterocycles. The number of nitrogens with one attached hydrogen (secondary N) is 1. The van der Waals surface area contributed by atoms with E-state index in [1.165, 1.54) is 12.0 Å². The second kappa shape index (κ2) is 8.25. The van der Waals surface area contributed by atoms with Crippen LogP contribution in [0.25, 0.3) is 0 Å². The van der Waals surface area contributed by atoms with Gasteiger partial charge in [0.2, 0.25) is 0 Å². The van der Waals surface area contributed by atoms with E-state index in [1.54, 1.807) is 0 Å². The molecule has 0 spiro atoms. The summed E-state index contributed by atoms with van der Waals surface area (Å²) in [7, 11) is 0. The molecule has 0 radical (unpaired) electrons. The van der Waals surface area contributed by atoms with Gasteiger partial charge in [-0.2, -0.15) is 0 Å². The average molecular weight is 278 g/mol. The fraction of sp³-hybridized carbons (Fsp3) is 0.625. The maximum Gasteiger partial charge on any atom is 0.119 e. The fourth-order valence-corrected chi connectivity index (χ4v) is 2.46. The minimum absolute atomic E-state index is 0.157. The zero-order chi connectivity index (χ0) is 14.2. The second-order valence-corrected chi connectivity index (χ2v) is 5.25. The lowest BCUT2D eigenvalue weighted by Crippen LogP contribution is -2.34. The minimum Gasteiger partial charge on any atom is -0.494 e. The Kier molecular flexibility index (Phi) is 6.30. The molecular weight excluding hydrogens is 252 g/mol. The number of nitrogens with two attached hydrogens (primary N) is 1. The first kappa shape index (κ1) is 15.3. The first-order chi connectivity index (χ1) is 9.83. The molecule has 0 amide bonds. The van der Waals surface area contributed by atoms with Gasteiger partial charge in [-0.1, -0.05) is 19.1 Å². The van der Waals surface area contributed by atoms with Crippen molar-refractivity contribution in [3.63, 3.8) is 0 Å². The van der Waals surface area contributed by atoms with Crippen LogP contribution in [0.1, 0.15) is 37.8 Å². The highest BCUT2D eigenvalue weighted by molar-refractivity contribution is 5.30. The Balaban J connectivity index is 1.91. The van der Waals surface area contributed by atoms with Gasteiger partial charge < -0.3 is 20.5 Å². The molecule has 1 heterocycles. The zero-order valence-electron chi connectivity index (χ0n) is 12.3. The van der Waals surface area contributed by atoms with E-state index in [0.717, 1.165) is 38.3 Å². The molecule has 1 fully saturated rings. The van der Waals surface area contributed by atoms with Gasteiger partial charge in [0.05, 0.1) is 12.7 Å². The molecular formula is C16H26N2O2. The van der Waals surface area contributed by atoms with Gasteiger partial charge in [-0.15, -0.1) is 0 Å². The topological polar surface area (TPSA) is 56.5 Å². The molecule has 1 aliphatic rings. The van der Waals surface area contributed by atoms with Crippen LogP contribution in [0.5, 0.6) is 5.75 Å². The molecule has 1 aliphatic heterocycles. The van der Waals surface area contributed by atoms with Crippen LogP contribution in [0.15, 0.2) is 24.3 Å². The Bertz CT molecular complexity index is 392. The maximum absolute atomic E-state index is 5.90. The van der Waals surface area contributed by atoms with Gasteiger partial charge in [-0.25, -0.2) is 0 Å². The Morgan fingerprint density at radius 3 is 3.10 bits per heavy atom. The summed E-state index contributed by atoms with van der Waals surface area (Å²) in [5.41, 5.74) is 7.08. The van der Waals surface area contributed by atoms with Crippen LogP contribution >= 0.6 is 0 Å². The van der Waals surface area contributed by atoms with Crippen LogP contribution in [-0.4, -0.2) is 32.4 Å². The third kappa shape index (κ3) is 4.47. The molecule has 0 bridgehead atoms. The second-order valence-electron chi connectivity index (χ2n) is 5.25. The summed E-state index contributed by atoms with van der Waals surface area (Å²) in [6, 6.07) is 8.35. The molecule has 2 atom stereocenters. The van der Waals surface area contributed by atoms with E-state index >= 15 is 0 Å². The van der Waals surface area contributed by atoms with Gasteiger partial charge in [0.15, 0.2) is 0 Å². The van der Waals surface area contributed by atoms with Crippen LogP contribution in [0, 0.1) is 0 Å². The highest BCUT2D eigenvalue weighted by Gasteiger charge is 2.17. The lowest BCUT2D eigenvalue weighted by molar-refractivity contribution is 0.107. The zero-order valence-corrected chi connectivity index (χ0v) is 12.3. The van der Waals surface area contributed by atoms with E-state index in [2.05, 4.69) is 24.4 Å². The van der Waals surface area contributed by atoms with Gasteiger partial charge >= 0.3 is 0 Å². The monoisotopic (exact) mass is 278 g/mol. The summed E-state index contributed by atoms with van der Waals surface area (Å²) in [5.74, 6) is 0.918. The van der Waals surface area contributed by atoms with Gasteiger partial charge in [0, 0.05) is 25.7 Å². The van der Waals surface area contributed by atoms with Crippen molar-refractivity contribution in [2.45, 2.75) is 38.3 Å². The van der Waals surface area contributed by atoms with Crippen molar-refractivity contribution in [2.75, 3.05) is 26.3 Å². The summed E-state index contributed by atoms with van der Waals surface area (Å²) in [5, 5.41) is 3.51. The van der Waals surface area contributed by atoms with Crippen LogP contribution in [0.4, 0.5) is 0 Å². The normalized spacial score (nSPS) is 20.0. The number of benzene rings is 1. The van der Waals surface area contributed by atoms with Gasteiger partial charge in [-0.3, -0.25) is 0 Å². The number of hydrogen-bond donors (Lipinski definition) is 2. The maximum atomic E-state index is 5.90. The van der Waals surface area contributed by atoms with Crippen LogP contribution in [0.3, 0.4) is 0 Å². The van der Waals surface area contributed by atoms with Crippen molar-refractivity contribution in [3.05, 3.63) is 29.8 Å². The number of hydrogen-bond acceptors (Lipinski definition) is 4. The molecule has 20 heavy (non-hydrogen) atoms. The molecule has 1 saturated heterocycles. The third-order valence-corrected chi connectivity index (χ3v) is 3.58. The van der Waals surface area contributed by atoms with Gasteiger partial charge in [0.25, 0.3) is 0 Å². The van der Waals surface area contributed by atoms with Crippen molar-refractivity contribution < 1.29 is 9.47 Å². The van der Waals surface area contributed by atoms with E-state index in [1.807, 2.05) is 12.1 Å². The van der Waals surface area contributed by atoms with Crippen molar-refractivity contribution in [1.82, 2.24) is 5.32 Å². The Morgan fingerprint density at radius 2 is 2.40 bits per heavy atom. The Labute approximate surface area is 121 Å². The van der Waals surface area contributed by atoms with Crippen molar-refractivity contribution in [1.29, 1.82) is 0 Å². The Morgan fingerprint density at radius 1 is 1.50 bits per heavy atom. The van der Waals surface area contributed by atoms with Crippen LogP contribution in [-0.2, 0) is 4.74 Å². The highest BCUT2D eigenvalue weighted by atomic mass is 16.5. The molecule has 4 heteroatoms. The first-order valence-corrected chi connectivity index (χ1v) is 7.61. The van der Waals surface area contributed by atoms with Gasteiger partial charge in [-0.05, 0) is 37.0 Å². The smallest absolute Gasteiger partial charge is 0.119 e. The molecule has 0 aliphatic carbocycles. The summed E-state index contributed by atoms with van der Waals surface area (Å²) < 4.78 is 11.3. The number of ether oxygens (including phenoxy) is 2. The number of rotatable bonds is 8. The van der Waals surface area contributed by atoms with Crippen LogP contribution in [0.2, 0.25) is 0 Å². The van der Waals surface area contributed by atoms with E-state index in [-0.39, 0.29) is 6.04 Å². The van der Waals surface area contributed by atoms with Crippen molar-refractivity contribution in [2.24, 2.45) is 5.73 Å². The fourth-order valence-electron chi connectivity index (χ4n) is 2.46. The third-order valence-electron chi connectivity index (χ3n) is 3.58. The van der Waals surface area contributed by atoms with E-state index in [9.17, 15) is 0 Å². The summed E-state index contributed by atoms with van der Waals surface area (Å²) in [6.45, 7) is 5.18.